The molecule has 1 N–H and O–H groups in total. The molecule has 2 aromatic heterocycles. The summed E-state index contributed by atoms with van der Waals surface area (Å²) in [6.07, 6.45) is 1.90. The number of hydrogen-bond acceptors (Lipinski definition) is 3. The van der Waals surface area contributed by atoms with Gasteiger partial charge in [-0.25, -0.2) is 4.98 Å². The van der Waals surface area contributed by atoms with Gasteiger partial charge in [0.1, 0.15) is 11.6 Å². The zero-order chi connectivity index (χ0) is 38.0. The molecular weight excluding hydrogens is 839 g/mol. The van der Waals surface area contributed by atoms with Crippen molar-refractivity contribution in [2.45, 2.75) is 87.0 Å². The number of aromatic hydroxyl groups is 1. The first-order chi connectivity index (χ1) is 25.3. The number of fused-ring (bicyclic) bond motifs is 1. The summed E-state index contributed by atoms with van der Waals surface area (Å²) in [5.74, 6) is 2.22. The van der Waals surface area contributed by atoms with Gasteiger partial charge in [-0.05, 0) is 106 Å². The second kappa shape index (κ2) is 17.1. The van der Waals surface area contributed by atoms with Crippen molar-refractivity contribution in [2.75, 3.05) is 0 Å². The molecule has 0 amide bonds. The fraction of sp³-hybridized carbons (Fsp3) is 0.265. The Balaban J connectivity index is 0.000000221. The van der Waals surface area contributed by atoms with Gasteiger partial charge in [0, 0.05) is 32.0 Å². The number of imidazole rings is 1. The Hall–Kier alpha value is -4.83. The number of phenols is 1. The maximum absolute atomic E-state index is 10.6. The monoisotopic (exact) mass is 891 g/mol. The van der Waals surface area contributed by atoms with Gasteiger partial charge in [0.25, 0.3) is 0 Å². The summed E-state index contributed by atoms with van der Waals surface area (Å²) in [7, 11) is 0. The van der Waals surface area contributed by atoms with E-state index in [0.717, 1.165) is 39.6 Å². The summed E-state index contributed by atoms with van der Waals surface area (Å²) >= 11 is 0. The van der Waals surface area contributed by atoms with Crippen LogP contribution in [0.3, 0.4) is 0 Å². The summed E-state index contributed by atoms with van der Waals surface area (Å²) in [4.78, 5) is 9.50. The van der Waals surface area contributed by atoms with Crippen LogP contribution >= 0.6 is 0 Å². The number of hydrogen-bond donors (Lipinski definition) is 1. The van der Waals surface area contributed by atoms with E-state index in [-0.39, 0.29) is 25.9 Å². The van der Waals surface area contributed by atoms with Crippen LogP contribution in [0.1, 0.15) is 98.5 Å². The minimum atomic E-state index is 0. The van der Waals surface area contributed by atoms with Crippen LogP contribution in [-0.2, 0) is 20.1 Å². The third-order valence-corrected chi connectivity index (χ3v) is 10.1. The number of rotatable bonds is 7. The normalized spacial score (nSPS) is 11.2. The van der Waals surface area contributed by atoms with Gasteiger partial charge in [-0.15, -0.1) is 34.9 Å². The summed E-state index contributed by atoms with van der Waals surface area (Å²) in [6.45, 7) is 21.8. The van der Waals surface area contributed by atoms with Crippen molar-refractivity contribution < 1.29 is 25.2 Å². The van der Waals surface area contributed by atoms with Crippen LogP contribution in [0.5, 0.6) is 5.75 Å². The third-order valence-electron chi connectivity index (χ3n) is 10.1. The molecule has 0 aliphatic carbocycles. The molecule has 0 aliphatic heterocycles. The predicted molar refractivity (Wildman–Crippen MR) is 223 cm³/mol. The number of para-hydroxylation sites is 1. The van der Waals surface area contributed by atoms with Crippen molar-refractivity contribution in [2.24, 2.45) is 0 Å². The Morgan fingerprint density at radius 3 is 1.93 bits per heavy atom. The molecule has 0 fully saturated rings. The Bertz CT molecular complexity index is 2340. The third kappa shape index (κ3) is 8.44. The van der Waals surface area contributed by atoms with Crippen LogP contribution in [0.2, 0.25) is 0 Å². The second-order valence-corrected chi connectivity index (χ2v) is 15.2. The first-order valence-corrected chi connectivity index (χ1v) is 18.8. The summed E-state index contributed by atoms with van der Waals surface area (Å²) in [6, 6.07) is 39.2. The molecule has 5 heteroatoms. The first-order valence-electron chi connectivity index (χ1n) is 18.8. The topological polar surface area (TPSA) is 50.9 Å². The summed E-state index contributed by atoms with van der Waals surface area (Å²) < 4.78 is 2.25. The van der Waals surface area contributed by atoms with Crippen LogP contribution in [0, 0.1) is 33.8 Å². The molecule has 54 heavy (non-hydrogen) atoms. The Morgan fingerprint density at radius 1 is 0.667 bits per heavy atom. The number of pyridine rings is 1. The van der Waals surface area contributed by atoms with E-state index in [1.807, 2.05) is 31.3 Å². The maximum atomic E-state index is 10.6. The van der Waals surface area contributed by atoms with Crippen molar-refractivity contribution >= 4 is 10.8 Å². The zero-order valence-corrected chi connectivity index (χ0v) is 35.6. The van der Waals surface area contributed by atoms with Crippen LogP contribution in [0.25, 0.3) is 50.2 Å². The van der Waals surface area contributed by atoms with E-state index < -0.39 is 0 Å². The van der Waals surface area contributed by atoms with Crippen molar-refractivity contribution in [1.82, 2.24) is 14.5 Å². The van der Waals surface area contributed by atoms with Gasteiger partial charge < -0.3 is 10.1 Å². The van der Waals surface area contributed by atoms with Gasteiger partial charge in [-0.1, -0.05) is 116 Å². The van der Waals surface area contributed by atoms with Gasteiger partial charge in [-0.3, -0.25) is 4.57 Å². The average molecular weight is 891 g/mol. The second-order valence-electron chi connectivity index (χ2n) is 15.2. The van der Waals surface area contributed by atoms with E-state index >= 15 is 0 Å². The molecule has 5 aromatic carbocycles. The Morgan fingerprint density at radius 2 is 1.31 bits per heavy atom. The SMILES string of the molecule is Cc1[c-]c(-c2nccc3cc(C(C)C)ccc23)cc(C)c1.Cc1nc(-c2ccccc2O)n(-c2c(C(C)C)cc(-c3ccccc3)cc2C(C)C)c1C.[Ir]. The smallest absolute Gasteiger partial charge is 0.148 e. The minimum absolute atomic E-state index is 0. The largest absolute Gasteiger partial charge is 0.507 e. The van der Waals surface area contributed by atoms with Gasteiger partial charge in [0.15, 0.2) is 0 Å². The van der Waals surface area contributed by atoms with Crippen molar-refractivity contribution in [3.05, 3.63) is 155 Å². The molecule has 4 nitrogen and oxygen atoms in total. The molecule has 0 unspecified atom stereocenters. The van der Waals surface area contributed by atoms with Crippen molar-refractivity contribution in [3.63, 3.8) is 0 Å². The van der Waals surface area contributed by atoms with E-state index in [2.05, 4.69) is 157 Å². The fourth-order valence-electron chi connectivity index (χ4n) is 7.14. The molecule has 279 valence electrons. The molecular formula is C49H52IrN3O-. The van der Waals surface area contributed by atoms with E-state index in [4.69, 9.17) is 4.98 Å². The fourth-order valence-corrected chi connectivity index (χ4v) is 7.14. The molecule has 2 heterocycles. The standard InChI is InChI=1S/C29H32N2O.C20H20N.Ir/c1-18(2)25-16-23(22-12-8-7-9-13-22)17-26(19(3)4)28(25)31-21(6)20(5)30-29(31)24-14-10-11-15-27(24)32;1-13(2)16-5-6-19-17(12-16)7-8-21-20(19)18-10-14(3)9-15(4)11-18;/h7-19,32H,1-6H3;5-10,12-13H,1-4H3;/q;-1;. The van der Waals surface area contributed by atoms with Crippen molar-refractivity contribution in [1.29, 1.82) is 0 Å². The molecule has 1 radical (unpaired) electrons. The van der Waals surface area contributed by atoms with Crippen LogP contribution in [0.15, 0.2) is 109 Å². The van der Waals surface area contributed by atoms with Gasteiger partial charge in [0.2, 0.25) is 0 Å². The Labute approximate surface area is 335 Å². The van der Waals surface area contributed by atoms with Crippen LogP contribution in [-0.4, -0.2) is 19.6 Å². The van der Waals surface area contributed by atoms with Crippen LogP contribution < -0.4 is 0 Å². The zero-order valence-electron chi connectivity index (χ0n) is 33.2. The minimum Gasteiger partial charge on any atom is -0.507 e. The van der Waals surface area contributed by atoms with E-state index in [9.17, 15) is 5.11 Å². The molecule has 0 saturated heterocycles. The molecule has 0 aliphatic rings. The number of aromatic nitrogens is 3. The number of phenolic OH excluding ortho intramolecular Hbond substituents is 1. The Kier molecular flexibility index (Phi) is 12.8. The first kappa shape index (κ1) is 40.4. The quantitative estimate of drug-likeness (QED) is 0.162. The van der Waals surface area contributed by atoms with Crippen molar-refractivity contribution in [3.8, 4) is 45.2 Å². The summed E-state index contributed by atoms with van der Waals surface area (Å²) in [5.41, 5.74) is 14.9. The molecule has 7 rings (SSSR count). The molecule has 0 saturated carbocycles. The maximum Gasteiger partial charge on any atom is 0.148 e. The molecule has 0 atom stereocenters. The van der Waals surface area contributed by atoms with E-state index in [1.54, 1.807) is 6.07 Å². The van der Waals surface area contributed by atoms with Crippen LogP contribution in [0.4, 0.5) is 0 Å². The number of benzene rings is 5. The van der Waals surface area contributed by atoms with E-state index in [0.29, 0.717) is 17.8 Å². The van der Waals surface area contributed by atoms with Gasteiger partial charge in [0.05, 0.1) is 16.9 Å². The predicted octanol–water partition coefficient (Wildman–Crippen LogP) is 13.2. The van der Waals surface area contributed by atoms with Gasteiger partial charge in [-0.2, -0.15) is 0 Å². The number of nitrogens with zero attached hydrogens (tertiary/aromatic N) is 3. The molecule has 0 bridgehead atoms. The number of aryl methyl sites for hydroxylation is 3. The average Bonchev–Trinajstić information content (AvgIpc) is 3.43. The molecule has 0 spiro atoms. The van der Waals surface area contributed by atoms with E-state index in [1.165, 1.54) is 49.8 Å². The summed E-state index contributed by atoms with van der Waals surface area (Å²) in [5, 5.41) is 13.1. The van der Waals surface area contributed by atoms with Gasteiger partial charge >= 0.3 is 0 Å². The molecule has 7 aromatic rings.